The Bertz CT molecular complexity index is 376. The van der Waals surface area contributed by atoms with Crippen molar-refractivity contribution in [3.8, 4) is 0 Å². The minimum Gasteiger partial charge on any atom is -0.396 e. The van der Waals surface area contributed by atoms with Crippen LogP contribution in [0, 0.1) is 0 Å². The standard InChI is InChI=1S/C12H21N3O2/c1-2-15-9-8-14-11(12(15)17)13-7-5-3-4-6-10-16/h8-9,16H,2-7,10H2,1H3,(H,13,14). The molecule has 0 aliphatic rings. The number of aliphatic hydroxyl groups excluding tert-OH is 1. The van der Waals surface area contributed by atoms with E-state index in [2.05, 4.69) is 10.3 Å². The van der Waals surface area contributed by atoms with Crippen LogP contribution in [-0.4, -0.2) is 27.8 Å². The summed E-state index contributed by atoms with van der Waals surface area (Å²) >= 11 is 0. The van der Waals surface area contributed by atoms with E-state index in [1.54, 1.807) is 17.0 Å². The maximum absolute atomic E-state index is 11.8. The molecule has 1 heterocycles. The van der Waals surface area contributed by atoms with E-state index in [1.807, 2.05) is 6.92 Å². The quantitative estimate of drug-likeness (QED) is 0.670. The molecule has 0 spiro atoms. The summed E-state index contributed by atoms with van der Waals surface area (Å²) in [5.41, 5.74) is -0.0645. The molecule has 1 aromatic heterocycles. The molecular weight excluding hydrogens is 218 g/mol. The molecule has 96 valence electrons. The molecule has 0 amide bonds. The summed E-state index contributed by atoms with van der Waals surface area (Å²) in [5.74, 6) is 0.427. The van der Waals surface area contributed by atoms with Crippen molar-refractivity contribution in [2.75, 3.05) is 18.5 Å². The van der Waals surface area contributed by atoms with E-state index in [-0.39, 0.29) is 12.2 Å². The lowest BCUT2D eigenvalue weighted by Crippen LogP contribution is -2.24. The Morgan fingerprint density at radius 1 is 1.35 bits per heavy atom. The van der Waals surface area contributed by atoms with Crippen LogP contribution in [0.15, 0.2) is 17.2 Å². The van der Waals surface area contributed by atoms with Crippen molar-refractivity contribution in [2.45, 2.75) is 39.2 Å². The second-order valence-corrected chi connectivity index (χ2v) is 3.93. The molecule has 5 nitrogen and oxygen atoms in total. The summed E-state index contributed by atoms with van der Waals surface area (Å²) in [7, 11) is 0. The average molecular weight is 239 g/mol. The van der Waals surface area contributed by atoms with Gasteiger partial charge in [-0.1, -0.05) is 12.8 Å². The molecular formula is C12H21N3O2. The first-order valence-corrected chi connectivity index (χ1v) is 6.19. The van der Waals surface area contributed by atoms with Gasteiger partial charge in [0.05, 0.1) is 0 Å². The predicted molar refractivity (Wildman–Crippen MR) is 68.2 cm³/mol. The van der Waals surface area contributed by atoms with Crippen LogP contribution in [0.3, 0.4) is 0 Å². The van der Waals surface area contributed by atoms with Crippen LogP contribution in [0.25, 0.3) is 0 Å². The van der Waals surface area contributed by atoms with Gasteiger partial charge in [0.25, 0.3) is 5.56 Å². The second-order valence-electron chi connectivity index (χ2n) is 3.93. The fraction of sp³-hybridized carbons (Fsp3) is 0.667. The number of anilines is 1. The molecule has 0 unspecified atom stereocenters. The van der Waals surface area contributed by atoms with Crippen molar-refractivity contribution >= 4 is 5.82 Å². The van der Waals surface area contributed by atoms with Crippen LogP contribution < -0.4 is 10.9 Å². The Morgan fingerprint density at radius 3 is 2.82 bits per heavy atom. The monoisotopic (exact) mass is 239 g/mol. The van der Waals surface area contributed by atoms with Crippen LogP contribution in [-0.2, 0) is 6.54 Å². The molecule has 0 saturated heterocycles. The van der Waals surface area contributed by atoms with E-state index >= 15 is 0 Å². The van der Waals surface area contributed by atoms with Crippen molar-refractivity contribution < 1.29 is 5.11 Å². The molecule has 17 heavy (non-hydrogen) atoms. The van der Waals surface area contributed by atoms with E-state index in [9.17, 15) is 4.79 Å². The van der Waals surface area contributed by atoms with Crippen molar-refractivity contribution in [3.05, 3.63) is 22.7 Å². The number of nitrogens with one attached hydrogen (secondary N) is 1. The number of unbranched alkanes of at least 4 members (excludes halogenated alkanes) is 3. The fourth-order valence-electron chi connectivity index (χ4n) is 1.61. The zero-order chi connectivity index (χ0) is 12.5. The minimum atomic E-state index is -0.0645. The Hall–Kier alpha value is -1.36. The molecule has 2 N–H and O–H groups in total. The zero-order valence-electron chi connectivity index (χ0n) is 10.4. The molecule has 0 aliphatic heterocycles. The maximum atomic E-state index is 11.8. The number of aliphatic hydroxyl groups is 1. The van der Waals surface area contributed by atoms with Gasteiger partial charge in [0, 0.05) is 32.1 Å². The van der Waals surface area contributed by atoms with Crippen molar-refractivity contribution in [1.82, 2.24) is 9.55 Å². The van der Waals surface area contributed by atoms with Gasteiger partial charge in [0.2, 0.25) is 0 Å². The largest absolute Gasteiger partial charge is 0.396 e. The number of hydrogen-bond donors (Lipinski definition) is 2. The lowest BCUT2D eigenvalue weighted by Gasteiger charge is -2.07. The Labute approximate surface area is 102 Å². The summed E-state index contributed by atoms with van der Waals surface area (Å²) in [5, 5.41) is 11.7. The smallest absolute Gasteiger partial charge is 0.293 e. The van der Waals surface area contributed by atoms with Gasteiger partial charge in [-0.3, -0.25) is 4.79 Å². The van der Waals surface area contributed by atoms with Crippen molar-refractivity contribution in [3.63, 3.8) is 0 Å². The van der Waals surface area contributed by atoms with Crippen LogP contribution in [0.5, 0.6) is 0 Å². The Kier molecular flexibility index (Phi) is 6.32. The van der Waals surface area contributed by atoms with E-state index in [0.717, 1.165) is 32.2 Å². The third-order valence-electron chi connectivity index (χ3n) is 2.63. The highest BCUT2D eigenvalue weighted by molar-refractivity contribution is 5.30. The number of hydrogen-bond acceptors (Lipinski definition) is 4. The molecule has 0 radical (unpaired) electrons. The molecule has 0 fully saturated rings. The highest BCUT2D eigenvalue weighted by Gasteiger charge is 2.01. The Balaban J connectivity index is 2.34. The van der Waals surface area contributed by atoms with E-state index < -0.39 is 0 Å². The molecule has 0 aliphatic carbocycles. The summed E-state index contributed by atoms with van der Waals surface area (Å²) < 4.78 is 1.63. The van der Waals surface area contributed by atoms with Crippen molar-refractivity contribution in [2.24, 2.45) is 0 Å². The van der Waals surface area contributed by atoms with Gasteiger partial charge in [-0.25, -0.2) is 4.98 Å². The van der Waals surface area contributed by atoms with Crippen LogP contribution in [0.2, 0.25) is 0 Å². The van der Waals surface area contributed by atoms with Gasteiger partial charge < -0.3 is 15.0 Å². The van der Waals surface area contributed by atoms with Crippen LogP contribution in [0.1, 0.15) is 32.6 Å². The minimum absolute atomic E-state index is 0.0645. The SMILES string of the molecule is CCn1ccnc(NCCCCCCO)c1=O. The first-order valence-electron chi connectivity index (χ1n) is 6.19. The van der Waals surface area contributed by atoms with Gasteiger partial charge in [0.1, 0.15) is 0 Å². The predicted octanol–water partition coefficient (Wildman–Crippen LogP) is 1.23. The average Bonchev–Trinajstić information content (AvgIpc) is 2.35. The maximum Gasteiger partial charge on any atom is 0.293 e. The van der Waals surface area contributed by atoms with Crippen molar-refractivity contribution in [1.29, 1.82) is 0 Å². The third-order valence-corrected chi connectivity index (χ3v) is 2.63. The van der Waals surface area contributed by atoms with E-state index in [4.69, 9.17) is 5.11 Å². The van der Waals surface area contributed by atoms with E-state index in [1.165, 1.54) is 0 Å². The molecule has 0 bridgehead atoms. The zero-order valence-corrected chi connectivity index (χ0v) is 10.4. The summed E-state index contributed by atoms with van der Waals surface area (Å²) in [6.45, 7) is 3.60. The molecule has 1 rings (SSSR count). The first kappa shape index (κ1) is 13.7. The summed E-state index contributed by atoms with van der Waals surface area (Å²) in [6, 6.07) is 0. The molecule has 1 aromatic rings. The van der Waals surface area contributed by atoms with Gasteiger partial charge in [-0.05, 0) is 19.8 Å². The second kappa shape index (κ2) is 7.84. The molecule has 0 saturated carbocycles. The fourth-order valence-corrected chi connectivity index (χ4v) is 1.61. The van der Waals surface area contributed by atoms with Gasteiger partial charge in [-0.15, -0.1) is 0 Å². The van der Waals surface area contributed by atoms with Gasteiger partial charge in [-0.2, -0.15) is 0 Å². The third kappa shape index (κ3) is 4.56. The molecule has 0 atom stereocenters. The number of aryl methyl sites for hydroxylation is 1. The summed E-state index contributed by atoms with van der Waals surface area (Å²) in [6.07, 6.45) is 7.25. The molecule has 5 heteroatoms. The van der Waals surface area contributed by atoms with Gasteiger partial charge in [0.15, 0.2) is 5.82 Å². The first-order chi connectivity index (χ1) is 8.29. The lowest BCUT2D eigenvalue weighted by atomic mass is 10.2. The molecule has 0 aromatic carbocycles. The highest BCUT2D eigenvalue weighted by atomic mass is 16.2. The van der Waals surface area contributed by atoms with E-state index in [0.29, 0.717) is 12.4 Å². The normalized spacial score (nSPS) is 10.5. The number of nitrogens with zero attached hydrogens (tertiary/aromatic N) is 2. The van der Waals surface area contributed by atoms with Crippen LogP contribution in [0.4, 0.5) is 5.82 Å². The summed E-state index contributed by atoms with van der Waals surface area (Å²) in [4.78, 5) is 15.8. The van der Waals surface area contributed by atoms with Crippen LogP contribution >= 0.6 is 0 Å². The number of aromatic nitrogens is 2. The van der Waals surface area contributed by atoms with Gasteiger partial charge >= 0.3 is 0 Å². The topological polar surface area (TPSA) is 67.2 Å². The lowest BCUT2D eigenvalue weighted by molar-refractivity contribution is 0.283. The highest BCUT2D eigenvalue weighted by Crippen LogP contribution is 2.00. The Morgan fingerprint density at radius 2 is 2.12 bits per heavy atom. The number of rotatable bonds is 8.